The average molecular weight is 638 g/mol. The van der Waals surface area contributed by atoms with E-state index in [4.69, 9.17) is 4.74 Å². The van der Waals surface area contributed by atoms with Gasteiger partial charge in [0.2, 0.25) is 5.03 Å². The lowest BCUT2D eigenvalue weighted by Gasteiger charge is -2.39. The number of aryl methyl sites for hydroxylation is 2. The summed E-state index contributed by atoms with van der Waals surface area (Å²) in [5.74, 6) is -1.06. The minimum Gasteiger partial charge on any atom is -0.512 e. The van der Waals surface area contributed by atoms with E-state index in [1.54, 1.807) is 18.2 Å². The van der Waals surface area contributed by atoms with E-state index in [1.807, 2.05) is 73.7 Å². The smallest absolute Gasteiger partial charge is 0.338 e. The Labute approximate surface area is 267 Å². The zero-order valence-electron chi connectivity index (χ0n) is 25.4. The molecule has 1 aliphatic rings. The molecule has 3 heterocycles. The zero-order valence-corrected chi connectivity index (χ0v) is 26.2. The molecule has 11 heteroatoms. The van der Waals surface area contributed by atoms with Crippen molar-refractivity contribution in [1.29, 1.82) is 0 Å². The van der Waals surface area contributed by atoms with Gasteiger partial charge in [-0.3, -0.25) is 4.72 Å². The van der Waals surface area contributed by atoms with Crippen molar-refractivity contribution in [3.63, 3.8) is 0 Å². The monoisotopic (exact) mass is 637 g/mol. The second kappa shape index (κ2) is 13.1. The highest BCUT2D eigenvalue weighted by atomic mass is 32.2. The lowest BCUT2D eigenvalue weighted by molar-refractivity contribution is -0.161. The molecular formula is C35H35N5O5S. The number of ether oxygens (including phenoxy) is 1. The number of anilines is 1. The number of esters is 1. The van der Waals surface area contributed by atoms with Crippen LogP contribution in [-0.4, -0.2) is 45.0 Å². The van der Waals surface area contributed by atoms with Gasteiger partial charge in [-0.05, 0) is 60.9 Å². The van der Waals surface area contributed by atoms with Crippen LogP contribution in [0.15, 0.2) is 114 Å². The van der Waals surface area contributed by atoms with Gasteiger partial charge in [-0.1, -0.05) is 79.7 Å². The second-order valence-electron chi connectivity index (χ2n) is 11.6. The van der Waals surface area contributed by atoms with Crippen molar-refractivity contribution < 1.29 is 23.1 Å². The number of aliphatic hydroxyl groups is 1. The summed E-state index contributed by atoms with van der Waals surface area (Å²) < 4.78 is 35.5. The van der Waals surface area contributed by atoms with Gasteiger partial charge < -0.3 is 14.8 Å². The first-order chi connectivity index (χ1) is 22.3. The van der Waals surface area contributed by atoms with E-state index in [1.165, 1.54) is 6.33 Å². The van der Waals surface area contributed by atoms with E-state index in [-0.39, 0.29) is 39.6 Å². The second-order valence-corrected chi connectivity index (χ2v) is 13.2. The van der Waals surface area contributed by atoms with Crippen LogP contribution in [0, 0.1) is 0 Å². The van der Waals surface area contributed by atoms with Crippen LogP contribution in [0.2, 0.25) is 0 Å². The highest BCUT2D eigenvalue weighted by Crippen LogP contribution is 2.42. The van der Waals surface area contributed by atoms with Crippen LogP contribution in [0.25, 0.3) is 11.2 Å². The highest BCUT2D eigenvalue weighted by molar-refractivity contribution is 7.92. The van der Waals surface area contributed by atoms with Gasteiger partial charge in [0.05, 0.1) is 11.9 Å². The molecule has 236 valence electrons. The number of rotatable bonds is 12. The largest absolute Gasteiger partial charge is 0.512 e. The molecule has 6 rings (SSSR count). The van der Waals surface area contributed by atoms with E-state index in [0.29, 0.717) is 37.7 Å². The van der Waals surface area contributed by atoms with E-state index in [9.17, 15) is 18.3 Å². The summed E-state index contributed by atoms with van der Waals surface area (Å²) in [7, 11) is -4.10. The lowest BCUT2D eigenvalue weighted by atomic mass is 9.79. The van der Waals surface area contributed by atoms with Crippen molar-refractivity contribution in [3.8, 4) is 0 Å². The van der Waals surface area contributed by atoms with Crippen molar-refractivity contribution in [2.24, 2.45) is 0 Å². The Morgan fingerprint density at radius 1 is 0.935 bits per heavy atom. The molecule has 0 saturated heterocycles. The molecule has 46 heavy (non-hydrogen) atoms. The van der Waals surface area contributed by atoms with Gasteiger partial charge in [0.15, 0.2) is 5.65 Å². The number of aromatic nitrogens is 4. The third-order valence-electron chi connectivity index (χ3n) is 8.49. The van der Waals surface area contributed by atoms with Gasteiger partial charge >= 0.3 is 5.97 Å². The van der Waals surface area contributed by atoms with Gasteiger partial charge in [0.1, 0.15) is 23.2 Å². The van der Waals surface area contributed by atoms with Crippen molar-refractivity contribution in [2.75, 3.05) is 4.72 Å². The minimum atomic E-state index is -4.10. The van der Waals surface area contributed by atoms with Gasteiger partial charge in [0.25, 0.3) is 10.0 Å². The zero-order chi connectivity index (χ0) is 32.1. The summed E-state index contributed by atoms with van der Waals surface area (Å²) in [6.07, 6.45) is 5.69. The molecule has 0 bridgehead atoms. The van der Waals surface area contributed by atoms with Crippen molar-refractivity contribution in [2.45, 2.75) is 62.0 Å². The number of imidazole rings is 1. The fourth-order valence-corrected chi connectivity index (χ4v) is 7.30. The molecule has 5 aromatic rings. The Morgan fingerprint density at radius 2 is 1.61 bits per heavy atom. The van der Waals surface area contributed by atoms with Gasteiger partial charge in [-0.15, -0.1) is 0 Å². The molecule has 0 amide bonds. The fourth-order valence-electron chi connectivity index (χ4n) is 6.16. The number of carbonyl (C=O) groups excluding carboxylic acids is 1. The standard InChI is InChI=1S/C35H35N5O5S/c1-2-28(26-14-9-15-27(20-26)40-46(43,44)33-31-32(37-22-36-31)38-23-39-33)30-29(41)21-35(45-34(30)42,18-16-24-10-5-3-6-11-24)19-17-25-12-7-4-8-13-25/h3-15,20,22-23,28,40-41H,2,16-19,21H2,1H3,(H,36,37,38,39). The molecular weight excluding hydrogens is 602 g/mol. The first-order valence-electron chi connectivity index (χ1n) is 15.3. The van der Waals surface area contributed by atoms with E-state index >= 15 is 0 Å². The molecule has 0 fully saturated rings. The Kier molecular flexibility index (Phi) is 8.85. The summed E-state index contributed by atoms with van der Waals surface area (Å²) in [5.41, 5.74) is 2.97. The molecule has 3 N–H and O–H groups in total. The normalized spacial score (nSPS) is 15.5. The van der Waals surface area contributed by atoms with E-state index in [2.05, 4.69) is 24.7 Å². The number of aliphatic hydroxyl groups excluding tert-OH is 1. The molecule has 2 aromatic heterocycles. The number of fused-ring (bicyclic) bond motifs is 1. The average Bonchev–Trinajstić information content (AvgIpc) is 3.55. The molecule has 10 nitrogen and oxygen atoms in total. The number of H-pyrrole nitrogens is 1. The SMILES string of the molecule is CCC(C1=C(O)CC(CCc2ccccc2)(CCc2ccccc2)OC1=O)c1cccc(NS(=O)(=O)c2ncnc3nc[nH]c23)c1. The number of aromatic amines is 1. The minimum absolute atomic E-state index is 0.0119. The summed E-state index contributed by atoms with van der Waals surface area (Å²) >= 11 is 0. The van der Waals surface area contributed by atoms with E-state index in [0.717, 1.165) is 17.5 Å². The topological polar surface area (TPSA) is 147 Å². The highest BCUT2D eigenvalue weighted by Gasteiger charge is 2.43. The number of carbonyl (C=O) groups is 1. The third-order valence-corrected chi connectivity index (χ3v) is 9.82. The molecule has 0 saturated carbocycles. The van der Waals surface area contributed by atoms with Crippen molar-refractivity contribution >= 4 is 32.8 Å². The molecule has 0 radical (unpaired) electrons. The number of nitrogens with one attached hydrogen (secondary N) is 2. The molecule has 0 aliphatic carbocycles. The van der Waals surface area contributed by atoms with Crippen molar-refractivity contribution in [1.82, 2.24) is 19.9 Å². The quantitative estimate of drug-likeness (QED) is 0.105. The summed E-state index contributed by atoms with van der Waals surface area (Å²) in [6.45, 7) is 1.91. The Balaban J connectivity index is 1.27. The molecule has 3 aromatic carbocycles. The van der Waals surface area contributed by atoms with Crippen molar-refractivity contribution in [3.05, 3.63) is 126 Å². The van der Waals surface area contributed by atoms with Crippen LogP contribution >= 0.6 is 0 Å². The molecule has 1 aliphatic heterocycles. The molecule has 1 atom stereocenters. The van der Waals surface area contributed by atoms with Crippen LogP contribution in [0.5, 0.6) is 0 Å². The summed E-state index contributed by atoms with van der Waals surface area (Å²) in [4.78, 5) is 28.6. The number of hydrogen-bond acceptors (Lipinski definition) is 8. The maximum atomic E-state index is 13.8. The molecule has 1 unspecified atom stereocenters. The summed E-state index contributed by atoms with van der Waals surface area (Å²) in [5, 5.41) is 11.3. The Bertz CT molecular complexity index is 1930. The maximum Gasteiger partial charge on any atom is 0.338 e. The number of benzene rings is 3. The van der Waals surface area contributed by atoms with Crippen LogP contribution < -0.4 is 4.72 Å². The van der Waals surface area contributed by atoms with Gasteiger partial charge in [-0.2, -0.15) is 8.42 Å². The molecule has 0 spiro atoms. The number of cyclic esters (lactones) is 1. The first kappa shape index (κ1) is 31.0. The van der Waals surface area contributed by atoms with Gasteiger partial charge in [-0.25, -0.2) is 19.7 Å². The lowest BCUT2D eigenvalue weighted by Crippen LogP contribution is -2.42. The van der Waals surface area contributed by atoms with Crippen LogP contribution in [0.1, 0.15) is 55.2 Å². The van der Waals surface area contributed by atoms with Crippen LogP contribution in [-0.2, 0) is 32.4 Å². The van der Waals surface area contributed by atoms with Crippen LogP contribution in [0.4, 0.5) is 5.69 Å². The Hall–Kier alpha value is -5.03. The fraction of sp³-hybridized carbons (Fsp3) is 0.257. The Morgan fingerprint density at radius 3 is 2.24 bits per heavy atom. The maximum absolute atomic E-state index is 13.8. The van der Waals surface area contributed by atoms with Gasteiger partial charge in [0, 0.05) is 18.0 Å². The third kappa shape index (κ3) is 6.64. The van der Waals surface area contributed by atoms with Crippen LogP contribution in [0.3, 0.4) is 0 Å². The summed E-state index contributed by atoms with van der Waals surface area (Å²) in [6, 6.07) is 26.9. The van der Waals surface area contributed by atoms with E-state index < -0.39 is 27.5 Å². The first-order valence-corrected chi connectivity index (χ1v) is 16.8. The predicted octanol–water partition coefficient (Wildman–Crippen LogP) is 6.41. The number of hydrogen-bond donors (Lipinski definition) is 3. The number of nitrogens with zero attached hydrogens (tertiary/aromatic N) is 3. The predicted molar refractivity (Wildman–Crippen MR) is 175 cm³/mol. The number of sulfonamides is 1.